The first-order valence-corrected chi connectivity index (χ1v) is 20.5. The number of ether oxygens (including phenoxy) is 1. The SMILES string of the molecule is [CH2-]C[C@H](NC(c1ccccc1)(c1ccccc1)c1ccccc1)C(=O)OCc1ccccc1.[Zn+][I]. The second kappa shape index (κ2) is 14.3. The first kappa shape index (κ1) is 27.3. The molecule has 0 saturated carbocycles. The number of nitrogens with one attached hydrogen (secondary N) is 1. The van der Waals surface area contributed by atoms with Gasteiger partial charge in [-0.2, -0.15) is 6.42 Å². The molecule has 35 heavy (non-hydrogen) atoms. The average Bonchev–Trinajstić information content (AvgIpc) is 2.96. The van der Waals surface area contributed by atoms with Crippen molar-refractivity contribution in [1.82, 2.24) is 5.32 Å². The molecule has 4 aromatic rings. The van der Waals surface area contributed by atoms with Crippen molar-refractivity contribution in [1.29, 1.82) is 0 Å². The van der Waals surface area contributed by atoms with Crippen LogP contribution in [0.5, 0.6) is 0 Å². The fourth-order valence-electron chi connectivity index (χ4n) is 4.15. The first-order valence-electron chi connectivity index (χ1n) is 11.4. The molecule has 4 rings (SSSR count). The third-order valence-electron chi connectivity index (χ3n) is 5.81. The van der Waals surface area contributed by atoms with E-state index >= 15 is 0 Å². The molecule has 0 heterocycles. The van der Waals surface area contributed by atoms with Crippen molar-refractivity contribution in [2.45, 2.75) is 24.6 Å². The van der Waals surface area contributed by atoms with Gasteiger partial charge in [0.05, 0.1) is 11.6 Å². The Balaban J connectivity index is 0.00000167. The summed E-state index contributed by atoms with van der Waals surface area (Å²) in [4.78, 5) is 13.2. The molecule has 0 radical (unpaired) electrons. The van der Waals surface area contributed by atoms with Crippen LogP contribution in [0.25, 0.3) is 0 Å². The number of esters is 1. The number of hydrogen-bond donors (Lipinski definition) is 1. The van der Waals surface area contributed by atoms with Gasteiger partial charge in [-0.15, -0.1) is 0 Å². The predicted molar refractivity (Wildman–Crippen MR) is 146 cm³/mol. The molecule has 0 aliphatic carbocycles. The van der Waals surface area contributed by atoms with Gasteiger partial charge >= 0.3 is 40.5 Å². The Morgan fingerprint density at radius 3 is 1.49 bits per heavy atom. The fourth-order valence-corrected chi connectivity index (χ4v) is 4.15. The molecule has 5 heteroatoms. The van der Waals surface area contributed by atoms with E-state index in [9.17, 15) is 4.79 Å². The summed E-state index contributed by atoms with van der Waals surface area (Å²) in [6.45, 7) is 4.29. The molecule has 0 aliphatic heterocycles. The monoisotopic (exact) mass is 625 g/mol. The van der Waals surface area contributed by atoms with E-state index in [0.29, 0.717) is 6.42 Å². The van der Waals surface area contributed by atoms with Gasteiger partial charge in [0.2, 0.25) is 0 Å². The van der Waals surface area contributed by atoms with Gasteiger partial charge in [0.15, 0.2) is 0 Å². The third kappa shape index (κ3) is 6.87. The summed E-state index contributed by atoms with van der Waals surface area (Å²) in [7, 11) is 0. The zero-order valence-electron chi connectivity index (χ0n) is 19.6. The quantitative estimate of drug-likeness (QED) is 0.0732. The molecular weight excluding hydrogens is 599 g/mol. The van der Waals surface area contributed by atoms with Crippen LogP contribution in [0.3, 0.4) is 0 Å². The fraction of sp³-hybridized carbons (Fsp3) is 0.133. The Labute approximate surface area is 229 Å². The van der Waals surface area contributed by atoms with E-state index in [1.165, 1.54) is 14.8 Å². The van der Waals surface area contributed by atoms with Crippen LogP contribution >= 0.6 is 19.8 Å². The van der Waals surface area contributed by atoms with Crippen LogP contribution in [0.2, 0.25) is 0 Å². The molecule has 4 aromatic carbocycles. The van der Waals surface area contributed by atoms with Gasteiger partial charge in [-0.25, -0.2) is 0 Å². The number of hydrogen-bond acceptors (Lipinski definition) is 3. The van der Waals surface area contributed by atoms with E-state index in [0.717, 1.165) is 22.3 Å². The molecule has 0 saturated heterocycles. The van der Waals surface area contributed by atoms with Gasteiger partial charge in [-0.3, -0.25) is 10.1 Å². The third-order valence-corrected chi connectivity index (χ3v) is 5.81. The van der Waals surface area contributed by atoms with Crippen molar-refractivity contribution in [3.8, 4) is 0 Å². The Bertz CT molecular complexity index is 1050. The van der Waals surface area contributed by atoms with Crippen molar-refractivity contribution in [3.63, 3.8) is 0 Å². The Hall–Kier alpha value is -2.34. The molecule has 0 amide bonds. The van der Waals surface area contributed by atoms with Crippen molar-refractivity contribution in [2.75, 3.05) is 0 Å². The van der Waals surface area contributed by atoms with Gasteiger partial charge in [-0.05, 0) is 22.3 Å². The van der Waals surface area contributed by atoms with Crippen LogP contribution in [0.4, 0.5) is 0 Å². The Kier molecular flexibility index (Phi) is 11.1. The van der Waals surface area contributed by atoms with Crippen LogP contribution in [-0.4, -0.2) is 12.0 Å². The van der Waals surface area contributed by atoms with Crippen molar-refractivity contribution in [2.24, 2.45) is 0 Å². The summed E-state index contributed by atoms with van der Waals surface area (Å²) in [6, 6.07) is 39.7. The van der Waals surface area contributed by atoms with E-state index in [1.54, 1.807) is 0 Å². The summed E-state index contributed by atoms with van der Waals surface area (Å²) < 4.78 is 5.69. The molecular formula is C30H28INO2Zn. The van der Waals surface area contributed by atoms with Crippen molar-refractivity contribution >= 4 is 25.7 Å². The van der Waals surface area contributed by atoms with Crippen LogP contribution in [0.1, 0.15) is 28.7 Å². The zero-order chi connectivity index (χ0) is 24.9. The van der Waals surface area contributed by atoms with E-state index < -0.39 is 11.6 Å². The standard InChI is InChI=1S/C30H28NO2.HI.Zn/c1-2-28(29(32)33-23-24-15-7-3-8-16-24)31-30(25-17-9-4-10-18-25,26-19-11-5-12-20-26)27-21-13-6-14-22-27;;/h3-22,28,31H,1-2,23H2;1H;/q-1;;+2/p-1/t28-;;/m0../s1. The molecule has 0 bridgehead atoms. The molecule has 1 atom stereocenters. The second-order valence-corrected chi connectivity index (χ2v) is 7.93. The summed E-state index contributed by atoms with van der Waals surface area (Å²) >= 11 is 3.62. The molecule has 0 spiro atoms. The maximum absolute atomic E-state index is 13.2. The molecule has 0 unspecified atom stereocenters. The summed E-state index contributed by atoms with van der Waals surface area (Å²) in [5.74, 6) is -0.318. The van der Waals surface area contributed by atoms with E-state index in [2.05, 4.69) is 68.4 Å². The Morgan fingerprint density at radius 1 is 0.743 bits per heavy atom. The van der Waals surface area contributed by atoms with Gasteiger partial charge in [-0.1, -0.05) is 121 Å². The summed E-state index contributed by atoms with van der Waals surface area (Å²) in [5.41, 5.74) is 3.32. The topological polar surface area (TPSA) is 38.3 Å². The molecule has 174 valence electrons. The van der Waals surface area contributed by atoms with Gasteiger partial charge < -0.3 is 11.7 Å². The van der Waals surface area contributed by atoms with Crippen molar-refractivity contribution < 1.29 is 24.3 Å². The summed E-state index contributed by atoms with van der Waals surface area (Å²) in [6.07, 6.45) is 0.349. The van der Waals surface area contributed by atoms with E-state index in [1.807, 2.05) is 84.9 Å². The molecule has 0 fully saturated rings. The van der Waals surface area contributed by atoms with Crippen LogP contribution in [0, 0.1) is 6.92 Å². The maximum atomic E-state index is 13.2. The number of benzene rings is 4. The molecule has 3 nitrogen and oxygen atoms in total. The van der Waals surface area contributed by atoms with Gasteiger partial charge in [0.1, 0.15) is 6.61 Å². The van der Waals surface area contributed by atoms with E-state index in [-0.39, 0.29) is 12.6 Å². The normalized spacial score (nSPS) is 11.7. The number of halogens is 1. The number of carbonyl (C=O) groups is 1. The first-order chi connectivity index (χ1) is 17.2. The number of carbonyl (C=O) groups excluding carboxylic acids is 1. The van der Waals surface area contributed by atoms with Crippen LogP contribution in [0.15, 0.2) is 121 Å². The van der Waals surface area contributed by atoms with Gasteiger partial charge in [0, 0.05) is 0 Å². The van der Waals surface area contributed by atoms with Crippen LogP contribution < -0.4 is 5.32 Å². The minimum atomic E-state index is -0.752. The van der Waals surface area contributed by atoms with Gasteiger partial charge in [0.25, 0.3) is 0 Å². The number of rotatable bonds is 9. The molecule has 1 N–H and O–H groups in total. The predicted octanol–water partition coefficient (Wildman–Crippen LogP) is 6.79. The Morgan fingerprint density at radius 2 is 1.11 bits per heavy atom. The second-order valence-electron chi connectivity index (χ2n) is 7.93. The summed E-state index contributed by atoms with van der Waals surface area (Å²) in [5, 5.41) is 3.67. The van der Waals surface area contributed by atoms with E-state index in [4.69, 9.17) is 4.74 Å². The zero-order valence-corrected chi connectivity index (χ0v) is 24.8. The molecule has 0 aliphatic rings. The molecule has 0 aromatic heterocycles. The average molecular weight is 627 g/mol. The van der Waals surface area contributed by atoms with Crippen LogP contribution in [-0.2, 0) is 36.5 Å². The minimum absolute atomic E-state index is 0.229. The van der Waals surface area contributed by atoms with Crippen molar-refractivity contribution in [3.05, 3.63) is 151 Å².